The van der Waals surface area contributed by atoms with Crippen LogP contribution in [0.25, 0.3) is 11.0 Å². The summed E-state index contributed by atoms with van der Waals surface area (Å²) in [6.45, 7) is 3.93. The lowest BCUT2D eigenvalue weighted by Gasteiger charge is -2.19. The maximum Gasteiger partial charge on any atom is 0.291 e. The molecule has 0 bridgehead atoms. The molecule has 0 spiro atoms. The molecular formula is C25H24N2O4S. The molecule has 1 aromatic heterocycles. The van der Waals surface area contributed by atoms with Crippen LogP contribution in [0.15, 0.2) is 82.1 Å². The highest BCUT2D eigenvalue weighted by atomic mass is 32.2. The lowest BCUT2D eigenvalue weighted by molar-refractivity contribution is 0.0998. The molecule has 0 saturated heterocycles. The number of aryl methyl sites for hydroxylation is 2. The number of hydrogen-bond acceptors (Lipinski definition) is 4. The fourth-order valence-electron chi connectivity index (χ4n) is 3.54. The van der Waals surface area contributed by atoms with Gasteiger partial charge in [-0.1, -0.05) is 31.2 Å². The number of anilines is 2. The minimum atomic E-state index is -3.72. The number of sulfonamides is 1. The summed E-state index contributed by atoms with van der Waals surface area (Å²) >= 11 is 0. The summed E-state index contributed by atoms with van der Waals surface area (Å²) in [5, 5.41) is 3.70. The highest BCUT2D eigenvalue weighted by Crippen LogP contribution is 2.28. The Balaban J connectivity index is 1.54. The van der Waals surface area contributed by atoms with Crippen molar-refractivity contribution in [1.82, 2.24) is 0 Å². The first-order valence-electron chi connectivity index (χ1n) is 10.3. The van der Waals surface area contributed by atoms with E-state index in [4.69, 9.17) is 4.42 Å². The zero-order chi connectivity index (χ0) is 22.9. The zero-order valence-electron chi connectivity index (χ0n) is 18.1. The fraction of sp³-hybridized carbons (Fsp3) is 0.160. The van der Waals surface area contributed by atoms with Crippen LogP contribution in [0.2, 0.25) is 0 Å². The number of carbonyl (C=O) groups is 1. The molecule has 0 aliphatic carbocycles. The lowest BCUT2D eigenvalue weighted by Crippen LogP contribution is -2.26. The molecule has 0 unspecified atom stereocenters. The van der Waals surface area contributed by atoms with E-state index in [2.05, 4.69) is 12.2 Å². The Kier molecular flexibility index (Phi) is 5.76. The molecule has 0 atom stereocenters. The van der Waals surface area contributed by atoms with Crippen LogP contribution in [0.4, 0.5) is 11.4 Å². The van der Waals surface area contributed by atoms with Crippen LogP contribution in [0.1, 0.15) is 28.6 Å². The first-order chi connectivity index (χ1) is 15.3. The van der Waals surface area contributed by atoms with E-state index in [9.17, 15) is 13.2 Å². The average Bonchev–Trinajstić information content (AvgIpc) is 3.15. The molecule has 0 fully saturated rings. The van der Waals surface area contributed by atoms with Gasteiger partial charge in [0.15, 0.2) is 5.76 Å². The number of carbonyl (C=O) groups excluding carboxylic acids is 1. The van der Waals surface area contributed by atoms with Gasteiger partial charge in [0.25, 0.3) is 15.9 Å². The van der Waals surface area contributed by atoms with Gasteiger partial charge in [0.05, 0.1) is 10.6 Å². The van der Waals surface area contributed by atoms with Gasteiger partial charge in [-0.3, -0.25) is 9.10 Å². The van der Waals surface area contributed by atoms with Crippen molar-refractivity contribution in [2.75, 3.05) is 16.7 Å². The molecule has 32 heavy (non-hydrogen) atoms. The summed E-state index contributed by atoms with van der Waals surface area (Å²) in [6, 6.07) is 20.8. The van der Waals surface area contributed by atoms with Gasteiger partial charge in [-0.2, -0.15) is 0 Å². The van der Waals surface area contributed by atoms with E-state index >= 15 is 0 Å². The minimum Gasteiger partial charge on any atom is -0.451 e. The van der Waals surface area contributed by atoms with Crippen LogP contribution in [0.3, 0.4) is 0 Å². The van der Waals surface area contributed by atoms with E-state index in [1.807, 2.05) is 31.2 Å². The largest absolute Gasteiger partial charge is 0.451 e. The van der Waals surface area contributed by atoms with Crippen LogP contribution < -0.4 is 9.62 Å². The Labute approximate surface area is 187 Å². The molecule has 1 heterocycles. The van der Waals surface area contributed by atoms with Crippen molar-refractivity contribution < 1.29 is 17.6 Å². The minimum absolute atomic E-state index is 0.133. The summed E-state index contributed by atoms with van der Waals surface area (Å²) in [4.78, 5) is 12.9. The Morgan fingerprint density at radius 3 is 2.34 bits per heavy atom. The number of para-hydroxylation sites is 1. The number of fused-ring (bicyclic) bond motifs is 1. The normalized spacial score (nSPS) is 11.5. The number of nitrogens with zero attached hydrogens (tertiary/aromatic N) is 1. The number of furan rings is 1. The molecule has 0 saturated carbocycles. The second kappa shape index (κ2) is 8.51. The van der Waals surface area contributed by atoms with Gasteiger partial charge < -0.3 is 9.73 Å². The SMILES string of the molecule is CCc1ccc2oc(C(=O)Nc3ccc(S(=O)(=O)N(C)c4ccccc4)cc3)c(C)c2c1. The summed E-state index contributed by atoms with van der Waals surface area (Å²) in [5.41, 5.74) is 3.65. The van der Waals surface area contributed by atoms with Gasteiger partial charge in [-0.25, -0.2) is 8.42 Å². The van der Waals surface area contributed by atoms with Crippen LogP contribution in [-0.4, -0.2) is 21.4 Å². The van der Waals surface area contributed by atoms with Gasteiger partial charge in [-0.15, -0.1) is 0 Å². The van der Waals surface area contributed by atoms with E-state index in [1.54, 1.807) is 36.4 Å². The topological polar surface area (TPSA) is 79.6 Å². The molecule has 0 aliphatic heterocycles. The van der Waals surface area contributed by atoms with Crippen molar-refractivity contribution in [2.24, 2.45) is 0 Å². The Morgan fingerprint density at radius 1 is 1.00 bits per heavy atom. The number of benzene rings is 3. The number of rotatable bonds is 6. The highest BCUT2D eigenvalue weighted by molar-refractivity contribution is 7.92. The summed E-state index contributed by atoms with van der Waals surface area (Å²) in [6.07, 6.45) is 0.900. The molecule has 0 radical (unpaired) electrons. The monoisotopic (exact) mass is 448 g/mol. The summed E-state index contributed by atoms with van der Waals surface area (Å²) in [7, 11) is -2.21. The number of amides is 1. The second-order valence-electron chi connectivity index (χ2n) is 7.53. The van der Waals surface area contributed by atoms with Gasteiger partial charge in [0, 0.05) is 23.7 Å². The quantitative estimate of drug-likeness (QED) is 0.429. The van der Waals surface area contributed by atoms with Crippen molar-refractivity contribution in [3.63, 3.8) is 0 Å². The second-order valence-corrected chi connectivity index (χ2v) is 9.50. The predicted molar refractivity (Wildman–Crippen MR) is 127 cm³/mol. The van der Waals surface area contributed by atoms with Crippen LogP contribution in [0.5, 0.6) is 0 Å². The van der Waals surface area contributed by atoms with E-state index in [0.717, 1.165) is 17.4 Å². The van der Waals surface area contributed by atoms with Gasteiger partial charge >= 0.3 is 0 Å². The highest BCUT2D eigenvalue weighted by Gasteiger charge is 2.22. The average molecular weight is 449 g/mol. The van der Waals surface area contributed by atoms with Gasteiger partial charge in [0.1, 0.15) is 5.58 Å². The van der Waals surface area contributed by atoms with Crippen LogP contribution >= 0.6 is 0 Å². The number of hydrogen-bond donors (Lipinski definition) is 1. The number of nitrogens with one attached hydrogen (secondary N) is 1. The van der Waals surface area contributed by atoms with E-state index in [-0.39, 0.29) is 16.6 Å². The van der Waals surface area contributed by atoms with Gasteiger partial charge in [-0.05, 0) is 67.4 Å². The Hall–Kier alpha value is -3.58. The molecule has 4 aromatic rings. The standard InChI is InChI=1S/C25H24N2O4S/c1-4-18-10-15-23-22(16-18)17(2)24(31-23)25(28)26-19-11-13-21(14-12-19)32(29,30)27(3)20-8-6-5-7-9-20/h5-16H,4H2,1-3H3,(H,26,28). The molecule has 3 aromatic carbocycles. The molecule has 4 rings (SSSR count). The molecule has 1 amide bonds. The zero-order valence-corrected chi connectivity index (χ0v) is 18.9. The maximum absolute atomic E-state index is 12.9. The Bertz CT molecular complexity index is 1370. The predicted octanol–water partition coefficient (Wildman–Crippen LogP) is 5.38. The first-order valence-corrected chi connectivity index (χ1v) is 11.7. The van der Waals surface area contributed by atoms with E-state index in [1.165, 1.54) is 29.0 Å². The third-order valence-corrected chi connectivity index (χ3v) is 7.31. The van der Waals surface area contributed by atoms with Crippen LogP contribution in [-0.2, 0) is 16.4 Å². The smallest absolute Gasteiger partial charge is 0.291 e. The van der Waals surface area contributed by atoms with Gasteiger partial charge in [0.2, 0.25) is 0 Å². The van der Waals surface area contributed by atoms with Crippen molar-refractivity contribution >= 4 is 38.3 Å². The molecule has 1 N–H and O–H groups in total. The first kappa shape index (κ1) is 21.6. The molecule has 6 nitrogen and oxygen atoms in total. The molecular weight excluding hydrogens is 424 g/mol. The molecule has 164 valence electrons. The van der Waals surface area contributed by atoms with Crippen molar-refractivity contribution in [1.29, 1.82) is 0 Å². The van der Waals surface area contributed by atoms with Crippen LogP contribution in [0, 0.1) is 6.92 Å². The summed E-state index contributed by atoms with van der Waals surface area (Å²) in [5.74, 6) is -0.137. The summed E-state index contributed by atoms with van der Waals surface area (Å²) < 4.78 is 32.8. The lowest BCUT2D eigenvalue weighted by atomic mass is 10.1. The fourth-order valence-corrected chi connectivity index (χ4v) is 4.73. The van der Waals surface area contributed by atoms with E-state index < -0.39 is 10.0 Å². The molecule has 7 heteroatoms. The van der Waals surface area contributed by atoms with Crippen molar-refractivity contribution in [3.05, 3.63) is 89.7 Å². The Morgan fingerprint density at radius 2 is 1.69 bits per heavy atom. The van der Waals surface area contributed by atoms with Crippen molar-refractivity contribution in [3.8, 4) is 0 Å². The maximum atomic E-state index is 12.9. The third-order valence-electron chi connectivity index (χ3n) is 5.51. The van der Waals surface area contributed by atoms with E-state index in [0.29, 0.717) is 17.0 Å². The molecule has 0 aliphatic rings. The third kappa shape index (κ3) is 3.99. The van der Waals surface area contributed by atoms with Crippen molar-refractivity contribution in [2.45, 2.75) is 25.2 Å².